The van der Waals surface area contributed by atoms with Crippen LogP contribution in [-0.4, -0.2) is 51.9 Å². The van der Waals surface area contributed by atoms with Crippen molar-refractivity contribution in [3.63, 3.8) is 0 Å². The molecule has 5 rings (SSSR count). The van der Waals surface area contributed by atoms with Gasteiger partial charge in [0, 0.05) is 18.1 Å². The summed E-state index contributed by atoms with van der Waals surface area (Å²) in [7, 11) is 0. The largest absolute Gasteiger partial charge is 0.359 e. The second-order valence-corrected chi connectivity index (χ2v) is 10.1. The molecule has 1 aromatic carbocycles. The number of likely N-dealkylation sites (tertiary alicyclic amines) is 1. The fourth-order valence-electron chi connectivity index (χ4n) is 5.29. The van der Waals surface area contributed by atoms with E-state index in [1.807, 2.05) is 63.3 Å². The van der Waals surface area contributed by atoms with Crippen LogP contribution in [0.3, 0.4) is 0 Å². The minimum atomic E-state index is -1.07. The molecule has 5 atom stereocenters. The fourth-order valence-corrected chi connectivity index (χ4v) is 5.29. The van der Waals surface area contributed by atoms with Crippen molar-refractivity contribution in [1.82, 2.24) is 15.5 Å². The van der Waals surface area contributed by atoms with Crippen molar-refractivity contribution in [2.75, 3.05) is 0 Å². The number of fused-ring (bicyclic) bond motifs is 1. The molecule has 4 aliphatic rings. The van der Waals surface area contributed by atoms with Crippen LogP contribution in [-0.2, 0) is 25.7 Å². The Balaban J connectivity index is 1.43. The maximum Gasteiger partial charge on any atom is 0.246 e. The normalized spacial score (nSPS) is 33.5. The van der Waals surface area contributed by atoms with Crippen LogP contribution in [0.2, 0.25) is 0 Å². The molecule has 31 heavy (non-hydrogen) atoms. The fraction of sp³-hybridized carbons (Fsp3) is 0.542. The molecule has 3 amide bonds. The summed E-state index contributed by atoms with van der Waals surface area (Å²) in [4.78, 5) is 41.8. The van der Waals surface area contributed by atoms with Crippen molar-refractivity contribution in [3.05, 3.63) is 48.0 Å². The topological polar surface area (TPSA) is 87.7 Å². The van der Waals surface area contributed by atoms with Gasteiger partial charge < -0.3 is 20.3 Å². The Morgan fingerprint density at radius 2 is 1.87 bits per heavy atom. The smallest absolute Gasteiger partial charge is 0.246 e. The van der Waals surface area contributed by atoms with Gasteiger partial charge in [0.1, 0.15) is 11.6 Å². The average molecular weight is 424 g/mol. The summed E-state index contributed by atoms with van der Waals surface area (Å²) in [6, 6.07) is 8.97. The number of ether oxygens (including phenoxy) is 1. The van der Waals surface area contributed by atoms with E-state index in [4.69, 9.17) is 4.74 Å². The van der Waals surface area contributed by atoms with Crippen LogP contribution in [0.25, 0.3) is 0 Å². The number of carbonyl (C=O) groups is 3. The van der Waals surface area contributed by atoms with Gasteiger partial charge in [0.2, 0.25) is 17.7 Å². The predicted molar refractivity (Wildman–Crippen MR) is 114 cm³/mol. The summed E-state index contributed by atoms with van der Waals surface area (Å²) in [6.45, 7) is 6.14. The van der Waals surface area contributed by atoms with E-state index in [9.17, 15) is 14.4 Å². The SMILES string of the molecule is CC(C)(C)NC(=O)[C@H]1N(C2CC2)C(=O)[C@H]2[C@@H](C(=O)NCc3ccccc3)[C@H]3C=C[C@@]21O3. The lowest BCUT2D eigenvalue weighted by Crippen LogP contribution is -2.58. The number of hydrogen-bond acceptors (Lipinski definition) is 4. The minimum absolute atomic E-state index is 0.0484. The van der Waals surface area contributed by atoms with Crippen molar-refractivity contribution in [2.24, 2.45) is 11.8 Å². The second kappa shape index (κ2) is 6.92. The van der Waals surface area contributed by atoms with Gasteiger partial charge in [-0.1, -0.05) is 42.5 Å². The van der Waals surface area contributed by atoms with E-state index in [-0.39, 0.29) is 23.8 Å². The van der Waals surface area contributed by atoms with Crippen molar-refractivity contribution >= 4 is 17.7 Å². The van der Waals surface area contributed by atoms with Crippen molar-refractivity contribution in [3.8, 4) is 0 Å². The molecule has 1 aliphatic carbocycles. The number of nitrogens with zero attached hydrogens (tertiary/aromatic N) is 1. The van der Waals surface area contributed by atoms with Gasteiger partial charge in [-0.15, -0.1) is 0 Å². The number of nitrogens with one attached hydrogen (secondary N) is 2. The molecule has 3 aliphatic heterocycles. The van der Waals surface area contributed by atoms with Gasteiger partial charge in [-0.25, -0.2) is 0 Å². The lowest BCUT2D eigenvalue weighted by Gasteiger charge is -2.34. The first-order valence-electron chi connectivity index (χ1n) is 11.0. The Kier molecular flexibility index (Phi) is 4.52. The van der Waals surface area contributed by atoms with Crippen LogP contribution in [0.5, 0.6) is 0 Å². The zero-order valence-corrected chi connectivity index (χ0v) is 18.1. The molecular weight excluding hydrogens is 394 g/mol. The molecule has 1 aromatic rings. The van der Waals surface area contributed by atoms with Crippen LogP contribution in [0, 0.1) is 11.8 Å². The molecule has 7 heteroatoms. The first kappa shape index (κ1) is 20.2. The zero-order chi connectivity index (χ0) is 22.0. The molecular formula is C24H29N3O4. The van der Waals surface area contributed by atoms with Gasteiger partial charge in [-0.2, -0.15) is 0 Å². The van der Waals surface area contributed by atoms with E-state index in [0.717, 1.165) is 18.4 Å². The highest BCUT2D eigenvalue weighted by Crippen LogP contribution is 2.57. The van der Waals surface area contributed by atoms with Crippen molar-refractivity contribution in [2.45, 2.75) is 69.5 Å². The molecule has 2 N–H and O–H groups in total. The quantitative estimate of drug-likeness (QED) is 0.703. The number of benzene rings is 1. The molecule has 7 nitrogen and oxygen atoms in total. The summed E-state index contributed by atoms with van der Waals surface area (Å²) < 4.78 is 6.30. The lowest BCUT2D eigenvalue weighted by atomic mass is 9.74. The summed E-state index contributed by atoms with van der Waals surface area (Å²) in [6.07, 6.45) is 4.98. The molecule has 1 saturated carbocycles. The van der Waals surface area contributed by atoms with E-state index in [2.05, 4.69) is 10.6 Å². The third-order valence-electron chi connectivity index (χ3n) is 6.61. The summed E-state index contributed by atoms with van der Waals surface area (Å²) in [5, 5.41) is 6.00. The molecule has 3 fully saturated rings. The Morgan fingerprint density at radius 1 is 1.16 bits per heavy atom. The molecule has 0 aromatic heterocycles. The number of hydrogen-bond donors (Lipinski definition) is 2. The third kappa shape index (κ3) is 3.26. The first-order valence-corrected chi connectivity index (χ1v) is 11.0. The summed E-state index contributed by atoms with van der Waals surface area (Å²) >= 11 is 0. The monoisotopic (exact) mass is 423 g/mol. The van der Waals surface area contributed by atoms with Gasteiger partial charge in [-0.05, 0) is 39.2 Å². The zero-order valence-electron chi connectivity index (χ0n) is 18.1. The van der Waals surface area contributed by atoms with Crippen LogP contribution in [0.15, 0.2) is 42.5 Å². The first-order chi connectivity index (χ1) is 14.7. The van der Waals surface area contributed by atoms with Gasteiger partial charge in [0.25, 0.3) is 0 Å². The third-order valence-corrected chi connectivity index (χ3v) is 6.61. The molecule has 2 bridgehead atoms. The summed E-state index contributed by atoms with van der Waals surface area (Å²) in [5.41, 5.74) is -0.518. The Morgan fingerprint density at radius 3 is 2.52 bits per heavy atom. The van der Waals surface area contributed by atoms with E-state index in [1.165, 1.54) is 0 Å². The van der Waals surface area contributed by atoms with Gasteiger partial charge in [0.05, 0.1) is 17.9 Å². The van der Waals surface area contributed by atoms with Crippen molar-refractivity contribution in [1.29, 1.82) is 0 Å². The maximum atomic E-state index is 13.6. The van der Waals surface area contributed by atoms with E-state index < -0.39 is 35.1 Å². The highest BCUT2D eigenvalue weighted by atomic mass is 16.5. The van der Waals surface area contributed by atoms with E-state index in [1.54, 1.807) is 4.90 Å². The van der Waals surface area contributed by atoms with Crippen LogP contribution >= 0.6 is 0 Å². The van der Waals surface area contributed by atoms with Gasteiger partial charge in [0.15, 0.2) is 0 Å². The highest BCUT2D eigenvalue weighted by Gasteiger charge is 2.74. The lowest BCUT2D eigenvalue weighted by molar-refractivity contribution is -0.143. The molecule has 164 valence electrons. The Hall–Kier alpha value is -2.67. The molecule has 3 heterocycles. The van der Waals surface area contributed by atoms with Crippen LogP contribution in [0.4, 0.5) is 0 Å². The number of amides is 3. The summed E-state index contributed by atoms with van der Waals surface area (Å²) in [5.74, 6) is -1.86. The number of rotatable bonds is 5. The average Bonchev–Trinajstić information content (AvgIpc) is 3.31. The minimum Gasteiger partial charge on any atom is -0.359 e. The van der Waals surface area contributed by atoms with E-state index in [0.29, 0.717) is 6.54 Å². The molecule has 0 unspecified atom stereocenters. The standard InChI is InChI=1S/C24H29N3O4/c1-23(2,3)26-21(29)19-24-12-11-16(31-24)17(18(24)22(30)27(19)15-9-10-15)20(28)25-13-14-7-5-4-6-8-14/h4-8,11-12,15-19H,9-10,13H2,1-3H3,(H,25,28)(H,26,29)/t16-,17+,18-,19-,24-/m1/s1. The molecule has 2 saturated heterocycles. The van der Waals surface area contributed by atoms with Gasteiger partial charge >= 0.3 is 0 Å². The molecule has 0 radical (unpaired) electrons. The maximum absolute atomic E-state index is 13.6. The Bertz CT molecular complexity index is 949. The Labute approximate surface area is 182 Å². The van der Waals surface area contributed by atoms with Crippen LogP contribution < -0.4 is 10.6 Å². The van der Waals surface area contributed by atoms with Gasteiger partial charge in [-0.3, -0.25) is 14.4 Å². The highest BCUT2D eigenvalue weighted by molar-refractivity contribution is 6.00. The molecule has 1 spiro atoms. The van der Waals surface area contributed by atoms with Crippen LogP contribution in [0.1, 0.15) is 39.2 Å². The van der Waals surface area contributed by atoms with E-state index >= 15 is 0 Å². The predicted octanol–water partition coefficient (Wildman–Crippen LogP) is 1.53. The number of carbonyl (C=O) groups excluding carboxylic acids is 3. The van der Waals surface area contributed by atoms with Crippen molar-refractivity contribution < 1.29 is 19.1 Å². The second-order valence-electron chi connectivity index (χ2n) is 10.1.